The zero-order valence-corrected chi connectivity index (χ0v) is 16.4. The summed E-state index contributed by atoms with van der Waals surface area (Å²) in [5, 5.41) is 14.5. The summed E-state index contributed by atoms with van der Waals surface area (Å²) in [5.74, 6) is 3.04. The predicted molar refractivity (Wildman–Crippen MR) is 117 cm³/mol. The van der Waals surface area contributed by atoms with E-state index in [0.717, 1.165) is 22.9 Å². The minimum atomic E-state index is 0.345. The minimum absolute atomic E-state index is 0.345. The first-order valence-corrected chi connectivity index (χ1v) is 9.59. The van der Waals surface area contributed by atoms with Crippen LogP contribution >= 0.6 is 0 Å². The Balaban J connectivity index is 1.53. The van der Waals surface area contributed by atoms with Gasteiger partial charge in [0.25, 0.3) is 0 Å². The number of anilines is 4. The average molecular weight is 399 g/mol. The quantitative estimate of drug-likeness (QED) is 0.402. The molecule has 4 aromatic rings. The molecule has 0 saturated heterocycles. The number of nitrogens with one attached hydrogen (secondary N) is 2. The third-order valence-electron chi connectivity index (χ3n) is 4.11. The van der Waals surface area contributed by atoms with Gasteiger partial charge in [-0.05, 0) is 43.3 Å². The fraction of sp³-hybridized carbons (Fsp3) is 0.0870. The number of rotatable bonds is 8. The van der Waals surface area contributed by atoms with Crippen LogP contribution in [0.3, 0.4) is 0 Å². The molecule has 0 radical (unpaired) electrons. The van der Waals surface area contributed by atoms with Crippen LogP contribution in [-0.2, 0) is 0 Å². The standard InChI is InChI=1S/C23H21N5O2/c1-2-29-20-14-8-6-12-18(20)25-22-16-24-28-23(27-22)26-19-13-7-9-15-21(19)30-17-10-4-3-5-11-17/h3-16H,2H2,1H3,(H2,25,26,27,28). The molecule has 30 heavy (non-hydrogen) atoms. The van der Waals surface area contributed by atoms with Crippen LogP contribution in [0.25, 0.3) is 0 Å². The number of aromatic nitrogens is 3. The van der Waals surface area contributed by atoms with Gasteiger partial charge in [0.15, 0.2) is 11.6 Å². The van der Waals surface area contributed by atoms with E-state index in [-0.39, 0.29) is 0 Å². The maximum absolute atomic E-state index is 5.98. The Morgan fingerprint density at radius 2 is 1.43 bits per heavy atom. The van der Waals surface area contributed by atoms with Crippen LogP contribution in [0.5, 0.6) is 17.2 Å². The fourth-order valence-electron chi connectivity index (χ4n) is 2.80. The molecule has 0 bridgehead atoms. The van der Waals surface area contributed by atoms with Gasteiger partial charge in [-0.2, -0.15) is 10.1 Å². The SMILES string of the molecule is CCOc1ccccc1Nc1cnnc(Nc2ccccc2Oc2ccccc2)n1. The third kappa shape index (κ3) is 4.82. The summed E-state index contributed by atoms with van der Waals surface area (Å²) in [6.45, 7) is 2.52. The number of nitrogens with zero attached hydrogens (tertiary/aromatic N) is 3. The molecule has 0 unspecified atom stereocenters. The zero-order chi connectivity index (χ0) is 20.6. The van der Waals surface area contributed by atoms with Crippen LogP contribution in [0.2, 0.25) is 0 Å². The molecule has 2 N–H and O–H groups in total. The van der Waals surface area contributed by atoms with Crippen LogP contribution in [0.1, 0.15) is 6.92 Å². The van der Waals surface area contributed by atoms with Gasteiger partial charge >= 0.3 is 0 Å². The van der Waals surface area contributed by atoms with Crippen LogP contribution < -0.4 is 20.1 Å². The third-order valence-corrected chi connectivity index (χ3v) is 4.11. The van der Waals surface area contributed by atoms with Crippen LogP contribution in [0.15, 0.2) is 85.1 Å². The Morgan fingerprint density at radius 3 is 2.20 bits per heavy atom. The summed E-state index contributed by atoms with van der Waals surface area (Å²) >= 11 is 0. The highest BCUT2D eigenvalue weighted by Gasteiger charge is 2.09. The summed E-state index contributed by atoms with van der Waals surface area (Å²) in [6, 6.07) is 24.8. The average Bonchev–Trinajstić information content (AvgIpc) is 2.78. The van der Waals surface area contributed by atoms with Crippen molar-refractivity contribution < 1.29 is 9.47 Å². The van der Waals surface area contributed by atoms with Crippen LogP contribution in [0.4, 0.5) is 23.1 Å². The Kier molecular flexibility index (Phi) is 6.00. The lowest BCUT2D eigenvalue weighted by Gasteiger charge is -2.13. The summed E-state index contributed by atoms with van der Waals surface area (Å²) in [5.41, 5.74) is 1.54. The van der Waals surface area contributed by atoms with Crippen LogP contribution in [-0.4, -0.2) is 21.8 Å². The Bertz CT molecular complexity index is 1110. The summed E-state index contributed by atoms with van der Waals surface area (Å²) < 4.78 is 11.6. The largest absolute Gasteiger partial charge is 0.492 e. The molecule has 1 aromatic heterocycles. The zero-order valence-electron chi connectivity index (χ0n) is 16.4. The molecule has 3 aromatic carbocycles. The topological polar surface area (TPSA) is 81.2 Å². The summed E-state index contributed by atoms with van der Waals surface area (Å²) in [6.07, 6.45) is 1.56. The minimum Gasteiger partial charge on any atom is -0.492 e. The maximum Gasteiger partial charge on any atom is 0.249 e. The van der Waals surface area contributed by atoms with Gasteiger partial charge in [0.1, 0.15) is 11.5 Å². The van der Waals surface area contributed by atoms with E-state index in [9.17, 15) is 0 Å². The molecule has 0 amide bonds. The Morgan fingerprint density at radius 1 is 0.767 bits per heavy atom. The van der Waals surface area contributed by atoms with E-state index in [1.807, 2.05) is 85.8 Å². The smallest absolute Gasteiger partial charge is 0.249 e. The molecule has 0 aliphatic heterocycles. The summed E-state index contributed by atoms with van der Waals surface area (Å²) in [7, 11) is 0. The van der Waals surface area contributed by atoms with Gasteiger partial charge in [0.05, 0.1) is 24.2 Å². The van der Waals surface area contributed by atoms with Crippen molar-refractivity contribution in [1.29, 1.82) is 0 Å². The van der Waals surface area contributed by atoms with Crippen molar-refractivity contribution in [2.75, 3.05) is 17.2 Å². The number of hydrogen-bond acceptors (Lipinski definition) is 7. The van der Waals surface area contributed by atoms with Crippen molar-refractivity contribution in [3.63, 3.8) is 0 Å². The number of benzene rings is 3. The predicted octanol–water partition coefficient (Wildman–Crippen LogP) is 5.55. The van der Waals surface area contributed by atoms with E-state index >= 15 is 0 Å². The molecule has 1 heterocycles. The monoisotopic (exact) mass is 399 g/mol. The van der Waals surface area contributed by atoms with Crippen molar-refractivity contribution in [3.05, 3.63) is 85.1 Å². The van der Waals surface area contributed by atoms with E-state index in [1.54, 1.807) is 6.20 Å². The lowest BCUT2D eigenvalue weighted by atomic mass is 10.3. The molecule has 7 heteroatoms. The van der Waals surface area contributed by atoms with E-state index < -0.39 is 0 Å². The molecular formula is C23H21N5O2. The van der Waals surface area contributed by atoms with Gasteiger partial charge in [-0.25, -0.2) is 0 Å². The van der Waals surface area contributed by atoms with Crippen LogP contribution in [0, 0.1) is 0 Å². The van der Waals surface area contributed by atoms with Gasteiger partial charge in [0.2, 0.25) is 5.95 Å². The van der Waals surface area contributed by atoms with Crippen molar-refractivity contribution in [1.82, 2.24) is 15.2 Å². The first-order valence-electron chi connectivity index (χ1n) is 9.59. The fourth-order valence-corrected chi connectivity index (χ4v) is 2.80. The highest BCUT2D eigenvalue weighted by atomic mass is 16.5. The Hall–Kier alpha value is -4.13. The van der Waals surface area contributed by atoms with Crippen molar-refractivity contribution in [2.24, 2.45) is 0 Å². The van der Waals surface area contributed by atoms with Crippen molar-refractivity contribution >= 4 is 23.1 Å². The first kappa shape index (κ1) is 19.2. The van der Waals surface area contributed by atoms with E-state index in [0.29, 0.717) is 24.1 Å². The highest BCUT2D eigenvalue weighted by molar-refractivity contribution is 5.66. The Labute approximate surface area is 174 Å². The molecule has 4 rings (SSSR count). The molecule has 0 atom stereocenters. The molecular weight excluding hydrogens is 378 g/mol. The summed E-state index contributed by atoms with van der Waals surface area (Å²) in [4.78, 5) is 4.51. The van der Waals surface area contributed by atoms with Gasteiger partial charge in [-0.15, -0.1) is 5.10 Å². The number of ether oxygens (including phenoxy) is 2. The van der Waals surface area contributed by atoms with Gasteiger partial charge in [-0.1, -0.05) is 42.5 Å². The molecule has 0 spiro atoms. The maximum atomic E-state index is 5.98. The first-order chi connectivity index (χ1) is 14.8. The number of para-hydroxylation sites is 5. The number of hydrogen-bond donors (Lipinski definition) is 2. The van der Waals surface area contributed by atoms with Crippen molar-refractivity contribution in [2.45, 2.75) is 6.92 Å². The van der Waals surface area contributed by atoms with Crippen molar-refractivity contribution in [3.8, 4) is 17.2 Å². The van der Waals surface area contributed by atoms with E-state index in [2.05, 4.69) is 25.8 Å². The molecule has 7 nitrogen and oxygen atoms in total. The normalized spacial score (nSPS) is 10.3. The molecule has 0 fully saturated rings. The molecule has 150 valence electrons. The molecule has 0 aliphatic rings. The lowest BCUT2D eigenvalue weighted by Crippen LogP contribution is -2.04. The van der Waals surface area contributed by atoms with Gasteiger partial charge in [-0.3, -0.25) is 0 Å². The van der Waals surface area contributed by atoms with Gasteiger partial charge < -0.3 is 20.1 Å². The molecule has 0 saturated carbocycles. The van der Waals surface area contributed by atoms with Gasteiger partial charge in [0, 0.05) is 0 Å². The second kappa shape index (κ2) is 9.38. The lowest BCUT2D eigenvalue weighted by molar-refractivity contribution is 0.342. The van der Waals surface area contributed by atoms with E-state index in [4.69, 9.17) is 9.47 Å². The second-order valence-electron chi connectivity index (χ2n) is 6.26. The van der Waals surface area contributed by atoms with E-state index in [1.165, 1.54) is 0 Å². The molecule has 0 aliphatic carbocycles. The second-order valence-corrected chi connectivity index (χ2v) is 6.26. The highest BCUT2D eigenvalue weighted by Crippen LogP contribution is 2.31.